The van der Waals surface area contributed by atoms with Gasteiger partial charge >= 0.3 is 12.3 Å². The fourth-order valence-electron chi connectivity index (χ4n) is 2.88. The van der Waals surface area contributed by atoms with E-state index in [4.69, 9.17) is 5.73 Å². The topological polar surface area (TPSA) is 64.8 Å². The summed E-state index contributed by atoms with van der Waals surface area (Å²) in [5, 5.41) is 0. The highest BCUT2D eigenvalue weighted by Gasteiger charge is 2.43. The van der Waals surface area contributed by atoms with Crippen LogP contribution in [0.4, 0.5) is 19.3 Å². The quantitative estimate of drug-likeness (QED) is 0.932. The molecule has 2 N–H and O–H groups in total. The predicted molar refractivity (Wildman–Crippen MR) is 71.5 cm³/mol. The van der Waals surface area contributed by atoms with Crippen LogP contribution < -0.4 is 20.1 Å². The Kier molecular flexibility index (Phi) is 3.35. The number of rotatable bonds is 3. The number of urea groups is 1. The minimum atomic E-state index is -3.66. The zero-order valence-corrected chi connectivity index (χ0v) is 11.4. The fourth-order valence-corrected chi connectivity index (χ4v) is 2.88. The van der Waals surface area contributed by atoms with Crippen LogP contribution in [-0.4, -0.2) is 18.9 Å². The van der Waals surface area contributed by atoms with Crippen LogP contribution in [0, 0.1) is 5.92 Å². The maximum Gasteiger partial charge on any atom is 0.586 e. The average Bonchev–Trinajstić information content (AvgIpc) is 2.99. The fraction of sp³-hybridized carbons (Fsp3) is 0.500. The number of benzene rings is 1. The molecule has 1 aromatic rings. The Morgan fingerprint density at radius 2 is 1.95 bits per heavy atom. The van der Waals surface area contributed by atoms with Crippen LogP contribution in [0.5, 0.6) is 11.5 Å². The summed E-state index contributed by atoms with van der Waals surface area (Å²) in [4.78, 5) is 13.0. The largest absolute Gasteiger partial charge is 0.586 e. The molecule has 7 heteroatoms. The number of fused-ring (bicyclic) bond motifs is 1. The van der Waals surface area contributed by atoms with Gasteiger partial charge in [-0.2, -0.15) is 0 Å². The van der Waals surface area contributed by atoms with Gasteiger partial charge in [0.1, 0.15) is 0 Å². The lowest BCUT2D eigenvalue weighted by atomic mass is 10.1. The van der Waals surface area contributed by atoms with Crippen molar-refractivity contribution in [3.63, 3.8) is 0 Å². The maximum absolute atomic E-state index is 13.0. The van der Waals surface area contributed by atoms with E-state index in [9.17, 15) is 13.6 Å². The molecule has 1 saturated carbocycles. The second-order valence-corrected chi connectivity index (χ2v) is 5.40. The monoisotopic (exact) mass is 298 g/mol. The standard InChI is InChI=1S/C14H16F2N2O3/c15-14(16)20-11-6-5-10(7-12(11)21-14)18(13(17)19)8-9-3-1-2-4-9/h5-7,9H,1-4,8H2,(H2,17,19). The van der Waals surface area contributed by atoms with E-state index in [0.717, 1.165) is 25.7 Å². The smallest absolute Gasteiger partial charge is 0.395 e. The molecule has 2 amide bonds. The van der Waals surface area contributed by atoms with Crippen LogP contribution in [0.25, 0.3) is 0 Å². The molecule has 1 aliphatic carbocycles. The van der Waals surface area contributed by atoms with Gasteiger partial charge in [0.05, 0.1) is 0 Å². The number of halogens is 2. The lowest BCUT2D eigenvalue weighted by Crippen LogP contribution is -2.38. The number of primary amides is 1. The first kappa shape index (κ1) is 13.9. The van der Waals surface area contributed by atoms with E-state index in [1.54, 1.807) is 0 Å². The van der Waals surface area contributed by atoms with Gasteiger partial charge in [0.2, 0.25) is 0 Å². The highest BCUT2D eigenvalue weighted by molar-refractivity contribution is 5.91. The Balaban J connectivity index is 1.82. The summed E-state index contributed by atoms with van der Waals surface area (Å²) in [6.07, 6.45) is 0.720. The van der Waals surface area contributed by atoms with Gasteiger partial charge in [0.15, 0.2) is 11.5 Å². The van der Waals surface area contributed by atoms with Crippen molar-refractivity contribution in [1.29, 1.82) is 0 Å². The van der Waals surface area contributed by atoms with Gasteiger partial charge in [-0.05, 0) is 30.9 Å². The van der Waals surface area contributed by atoms with E-state index in [2.05, 4.69) is 9.47 Å². The van der Waals surface area contributed by atoms with Crippen LogP contribution in [-0.2, 0) is 0 Å². The van der Waals surface area contributed by atoms with Crippen molar-refractivity contribution in [2.45, 2.75) is 32.0 Å². The Labute approximate surface area is 120 Å². The molecule has 0 unspecified atom stereocenters. The van der Waals surface area contributed by atoms with E-state index in [1.165, 1.54) is 23.1 Å². The Morgan fingerprint density at radius 1 is 1.29 bits per heavy atom. The minimum absolute atomic E-state index is 0.0472. The summed E-state index contributed by atoms with van der Waals surface area (Å²) >= 11 is 0. The van der Waals surface area contributed by atoms with Crippen molar-refractivity contribution in [2.24, 2.45) is 11.7 Å². The van der Waals surface area contributed by atoms with Crippen molar-refractivity contribution < 1.29 is 23.0 Å². The van der Waals surface area contributed by atoms with Crippen molar-refractivity contribution in [3.8, 4) is 11.5 Å². The summed E-state index contributed by atoms with van der Waals surface area (Å²) < 4.78 is 34.7. The lowest BCUT2D eigenvalue weighted by molar-refractivity contribution is -0.286. The summed E-state index contributed by atoms with van der Waals surface area (Å²) in [6, 6.07) is 3.64. The molecule has 5 nitrogen and oxygen atoms in total. The third-order valence-corrected chi connectivity index (χ3v) is 3.88. The molecule has 0 aromatic heterocycles. The molecule has 1 heterocycles. The Morgan fingerprint density at radius 3 is 2.62 bits per heavy atom. The first-order valence-electron chi connectivity index (χ1n) is 6.91. The van der Waals surface area contributed by atoms with E-state index in [1.807, 2.05) is 0 Å². The molecule has 0 atom stereocenters. The molecule has 1 aliphatic heterocycles. The number of amides is 2. The molecule has 2 aliphatic rings. The molecule has 0 bridgehead atoms. The van der Waals surface area contributed by atoms with Crippen LogP contribution in [0.1, 0.15) is 25.7 Å². The molecule has 3 rings (SSSR count). The molecular formula is C14H16F2N2O3. The van der Waals surface area contributed by atoms with Crippen LogP contribution in [0.15, 0.2) is 18.2 Å². The summed E-state index contributed by atoms with van der Waals surface area (Å²) in [5.74, 6) is 0.258. The van der Waals surface area contributed by atoms with Gasteiger partial charge < -0.3 is 15.2 Å². The number of hydrogen-bond donors (Lipinski definition) is 1. The number of nitrogens with two attached hydrogens (primary N) is 1. The lowest BCUT2D eigenvalue weighted by Gasteiger charge is -2.24. The number of ether oxygens (including phenoxy) is 2. The third kappa shape index (κ3) is 2.86. The first-order valence-corrected chi connectivity index (χ1v) is 6.91. The number of anilines is 1. The highest BCUT2D eigenvalue weighted by Crippen LogP contribution is 2.43. The predicted octanol–water partition coefficient (Wildman–Crippen LogP) is 3.08. The van der Waals surface area contributed by atoms with Gasteiger partial charge in [0.25, 0.3) is 0 Å². The van der Waals surface area contributed by atoms with Gasteiger partial charge in [-0.3, -0.25) is 4.90 Å². The average molecular weight is 298 g/mol. The van der Waals surface area contributed by atoms with E-state index >= 15 is 0 Å². The van der Waals surface area contributed by atoms with Crippen LogP contribution in [0.2, 0.25) is 0 Å². The second kappa shape index (κ2) is 5.05. The van der Waals surface area contributed by atoms with Gasteiger partial charge in [-0.15, -0.1) is 8.78 Å². The van der Waals surface area contributed by atoms with E-state index in [0.29, 0.717) is 18.2 Å². The van der Waals surface area contributed by atoms with Crippen molar-refractivity contribution >= 4 is 11.7 Å². The van der Waals surface area contributed by atoms with Crippen molar-refractivity contribution in [3.05, 3.63) is 18.2 Å². The number of carbonyl (C=O) groups is 1. The number of alkyl halides is 2. The molecule has 0 saturated heterocycles. The summed E-state index contributed by atoms with van der Waals surface area (Å²) in [7, 11) is 0. The van der Waals surface area contributed by atoms with Gasteiger partial charge in [-0.1, -0.05) is 12.8 Å². The minimum Gasteiger partial charge on any atom is -0.395 e. The molecule has 21 heavy (non-hydrogen) atoms. The SMILES string of the molecule is NC(=O)N(CC1CCCC1)c1ccc2c(c1)OC(F)(F)O2. The molecule has 114 valence electrons. The summed E-state index contributed by atoms with van der Waals surface area (Å²) in [6.45, 7) is 0.491. The molecule has 1 aromatic carbocycles. The maximum atomic E-state index is 13.0. The number of hydrogen-bond acceptors (Lipinski definition) is 3. The Hall–Kier alpha value is -2.05. The zero-order valence-electron chi connectivity index (χ0n) is 11.4. The first-order chi connectivity index (χ1) is 9.94. The summed E-state index contributed by atoms with van der Waals surface area (Å²) in [5.41, 5.74) is 5.85. The second-order valence-electron chi connectivity index (χ2n) is 5.40. The van der Waals surface area contributed by atoms with Gasteiger partial charge in [0, 0.05) is 18.3 Å². The van der Waals surface area contributed by atoms with E-state index in [-0.39, 0.29) is 11.5 Å². The Bertz CT molecular complexity index is 559. The molecular weight excluding hydrogens is 282 g/mol. The molecule has 0 radical (unpaired) electrons. The normalized spacial score (nSPS) is 19.7. The highest BCUT2D eigenvalue weighted by atomic mass is 19.3. The molecule has 0 spiro atoms. The van der Waals surface area contributed by atoms with E-state index < -0.39 is 12.3 Å². The van der Waals surface area contributed by atoms with Crippen LogP contribution >= 0.6 is 0 Å². The van der Waals surface area contributed by atoms with Crippen LogP contribution in [0.3, 0.4) is 0 Å². The van der Waals surface area contributed by atoms with Gasteiger partial charge in [-0.25, -0.2) is 4.79 Å². The van der Waals surface area contributed by atoms with Crippen molar-refractivity contribution in [1.82, 2.24) is 0 Å². The third-order valence-electron chi connectivity index (χ3n) is 3.88. The van der Waals surface area contributed by atoms with Crippen molar-refractivity contribution in [2.75, 3.05) is 11.4 Å². The number of nitrogens with zero attached hydrogens (tertiary/aromatic N) is 1. The number of carbonyl (C=O) groups excluding carboxylic acids is 1. The molecule has 1 fully saturated rings. The zero-order chi connectivity index (χ0) is 15.0.